The summed E-state index contributed by atoms with van der Waals surface area (Å²) in [5.74, 6) is 0.393. The fraction of sp³-hybridized carbons (Fsp3) is 0.750. The van der Waals surface area contributed by atoms with Crippen molar-refractivity contribution in [1.29, 1.82) is 0 Å². The van der Waals surface area contributed by atoms with Gasteiger partial charge in [0.2, 0.25) is 0 Å². The highest BCUT2D eigenvalue weighted by atomic mass is 16.5. The highest BCUT2D eigenvalue weighted by molar-refractivity contribution is 5.96. The second-order valence-electron chi connectivity index (χ2n) is 6.13. The summed E-state index contributed by atoms with van der Waals surface area (Å²) in [4.78, 5) is 12.8. The standard InChI is InChI=1S/C16H24N2O2/c1-3-13-10-14(18(4-2)17-13)15(19)12-6-9-20-16(11-12)7-5-8-16/h10,12H,3-9,11H2,1-2H3. The Morgan fingerprint density at radius 2 is 2.30 bits per heavy atom. The lowest BCUT2D eigenvalue weighted by atomic mass is 9.71. The quantitative estimate of drug-likeness (QED) is 0.794. The van der Waals surface area contributed by atoms with Crippen molar-refractivity contribution in [3.63, 3.8) is 0 Å². The van der Waals surface area contributed by atoms with Gasteiger partial charge in [0.25, 0.3) is 0 Å². The molecule has 20 heavy (non-hydrogen) atoms. The molecule has 2 fully saturated rings. The molecular weight excluding hydrogens is 252 g/mol. The van der Waals surface area contributed by atoms with Gasteiger partial charge in [-0.1, -0.05) is 6.92 Å². The van der Waals surface area contributed by atoms with E-state index in [-0.39, 0.29) is 17.3 Å². The number of carbonyl (C=O) groups is 1. The van der Waals surface area contributed by atoms with E-state index in [0.29, 0.717) is 0 Å². The molecular formula is C16H24N2O2. The summed E-state index contributed by atoms with van der Waals surface area (Å²) in [6.07, 6.45) is 6.14. The molecule has 2 heterocycles. The summed E-state index contributed by atoms with van der Waals surface area (Å²) in [5.41, 5.74) is 1.84. The number of nitrogens with zero attached hydrogens (tertiary/aromatic N) is 2. The Morgan fingerprint density at radius 3 is 2.90 bits per heavy atom. The molecule has 3 rings (SSSR count). The second kappa shape index (κ2) is 5.32. The number of hydrogen-bond acceptors (Lipinski definition) is 3. The van der Waals surface area contributed by atoms with E-state index in [4.69, 9.17) is 4.74 Å². The van der Waals surface area contributed by atoms with E-state index in [1.54, 1.807) is 0 Å². The molecule has 1 atom stereocenters. The summed E-state index contributed by atoms with van der Waals surface area (Å²) in [6.45, 7) is 5.61. The Kier molecular flexibility index (Phi) is 3.67. The number of Topliss-reactive ketones (excluding diaryl/α,β-unsaturated/α-hetero) is 1. The maximum Gasteiger partial charge on any atom is 0.184 e. The van der Waals surface area contributed by atoms with Gasteiger partial charge in [-0.2, -0.15) is 5.10 Å². The molecule has 1 aliphatic carbocycles. The number of ketones is 1. The molecule has 0 radical (unpaired) electrons. The molecule has 1 saturated heterocycles. The fourth-order valence-electron chi connectivity index (χ4n) is 3.46. The maximum atomic E-state index is 12.8. The Bertz CT molecular complexity index is 503. The monoisotopic (exact) mass is 276 g/mol. The molecule has 4 heteroatoms. The van der Waals surface area contributed by atoms with Crippen molar-refractivity contribution in [2.75, 3.05) is 6.61 Å². The average molecular weight is 276 g/mol. The molecule has 0 aromatic carbocycles. The van der Waals surface area contributed by atoms with Crippen LogP contribution in [0.4, 0.5) is 0 Å². The Hall–Kier alpha value is -1.16. The average Bonchev–Trinajstić information content (AvgIpc) is 2.88. The summed E-state index contributed by atoms with van der Waals surface area (Å²) in [6, 6.07) is 1.98. The van der Waals surface area contributed by atoms with Gasteiger partial charge in [-0.15, -0.1) is 0 Å². The van der Waals surface area contributed by atoms with Crippen LogP contribution in [0, 0.1) is 5.92 Å². The molecule has 0 bridgehead atoms. The summed E-state index contributed by atoms with van der Waals surface area (Å²) in [5, 5.41) is 4.50. The molecule has 1 unspecified atom stereocenters. The van der Waals surface area contributed by atoms with Crippen molar-refractivity contribution in [1.82, 2.24) is 9.78 Å². The van der Waals surface area contributed by atoms with Crippen molar-refractivity contribution < 1.29 is 9.53 Å². The predicted octanol–water partition coefficient (Wildman–Crippen LogP) is 3.00. The van der Waals surface area contributed by atoms with Gasteiger partial charge in [-0.25, -0.2) is 0 Å². The number of aromatic nitrogens is 2. The minimum Gasteiger partial charge on any atom is -0.375 e. The van der Waals surface area contributed by atoms with Gasteiger partial charge < -0.3 is 4.74 Å². The molecule has 0 amide bonds. The third-order valence-corrected chi connectivity index (χ3v) is 4.87. The predicted molar refractivity (Wildman–Crippen MR) is 76.9 cm³/mol. The van der Waals surface area contributed by atoms with E-state index in [9.17, 15) is 4.79 Å². The molecule has 1 saturated carbocycles. The van der Waals surface area contributed by atoms with Gasteiger partial charge in [0.15, 0.2) is 5.78 Å². The van der Waals surface area contributed by atoms with Crippen LogP contribution in [0.15, 0.2) is 6.07 Å². The Labute approximate surface area is 120 Å². The smallest absolute Gasteiger partial charge is 0.184 e. The Morgan fingerprint density at radius 1 is 1.50 bits per heavy atom. The van der Waals surface area contributed by atoms with Gasteiger partial charge in [-0.05, 0) is 51.5 Å². The minimum absolute atomic E-state index is 0.0310. The van der Waals surface area contributed by atoms with Crippen molar-refractivity contribution in [2.45, 2.75) is 64.5 Å². The van der Waals surface area contributed by atoms with Crippen LogP contribution >= 0.6 is 0 Å². The molecule has 1 aliphatic heterocycles. The number of rotatable bonds is 4. The van der Waals surface area contributed by atoms with Gasteiger partial charge in [0.1, 0.15) is 5.69 Å². The molecule has 1 aromatic heterocycles. The van der Waals surface area contributed by atoms with Crippen LogP contribution in [0.3, 0.4) is 0 Å². The van der Waals surface area contributed by atoms with Crippen molar-refractivity contribution >= 4 is 5.78 Å². The fourth-order valence-corrected chi connectivity index (χ4v) is 3.46. The summed E-state index contributed by atoms with van der Waals surface area (Å²) < 4.78 is 7.79. The van der Waals surface area contributed by atoms with Gasteiger partial charge in [0.05, 0.1) is 11.3 Å². The SMILES string of the molecule is CCc1cc(C(=O)C2CCOC3(CCC3)C2)n(CC)n1. The normalized spacial score (nSPS) is 24.6. The maximum absolute atomic E-state index is 12.8. The van der Waals surface area contributed by atoms with Crippen molar-refractivity contribution in [3.05, 3.63) is 17.5 Å². The largest absolute Gasteiger partial charge is 0.375 e. The van der Waals surface area contributed by atoms with Crippen molar-refractivity contribution in [3.8, 4) is 0 Å². The van der Waals surface area contributed by atoms with Crippen LogP contribution in [-0.2, 0) is 17.7 Å². The van der Waals surface area contributed by atoms with Crippen LogP contribution in [0.25, 0.3) is 0 Å². The number of aryl methyl sites for hydroxylation is 2. The summed E-state index contributed by atoms with van der Waals surface area (Å²) in [7, 11) is 0. The minimum atomic E-state index is 0.0310. The molecule has 1 spiro atoms. The van der Waals surface area contributed by atoms with E-state index in [1.807, 2.05) is 17.7 Å². The van der Waals surface area contributed by atoms with Crippen LogP contribution < -0.4 is 0 Å². The van der Waals surface area contributed by atoms with Crippen LogP contribution in [0.1, 0.15) is 62.1 Å². The molecule has 4 nitrogen and oxygen atoms in total. The van der Waals surface area contributed by atoms with Crippen LogP contribution in [0.2, 0.25) is 0 Å². The molecule has 0 N–H and O–H groups in total. The van der Waals surface area contributed by atoms with E-state index >= 15 is 0 Å². The highest BCUT2D eigenvalue weighted by Crippen LogP contribution is 2.44. The van der Waals surface area contributed by atoms with E-state index < -0.39 is 0 Å². The number of carbonyl (C=O) groups excluding carboxylic acids is 1. The lowest BCUT2D eigenvalue weighted by Crippen LogP contribution is -2.47. The van der Waals surface area contributed by atoms with Crippen LogP contribution in [-0.4, -0.2) is 27.8 Å². The first kappa shape index (κ1) is 13.8. The highest BCUT2D eigenvalue weighted by Gasteiger charge is 2.44. The van der Waals surface area contributed by atoms with Crippen LogP contribution in [0.5, 0.6) is 0 Å². The lowest BCUT2D eigenvalue weighted by Gasteiger charge is -2.46. The first-order valence-electron chi connectivity index (χ1n) is 7.92. The van der Waals surface area contributed by atoms with Crippen molar-refractivity contribution in [2.24, 2.45) is 5.92 Å². The summed E-state index contributed by atoms with van der Waals surface area (Å²) >= 11 is 0. The first-order chi connectivity index (χ1) is 9.67. The third-order valence-electron chi connectivity index (χ3n) is 4.87. The van der Waals surface area contributed by atoms with Gasteiger partial charge in [-0.3, -0.25) is 9.48 Å². The van der Waals surface area contributed by atoms with E-state index in [2.05, 4.69) is 12.0 Å². The molecule has 2 aliphatic rings. The van der Waals surface area contributed by atoms with E-state index in [1.165, 1.54) is 6.42 Å². The zero-order valence-electron chi connectivity index (χ0n) is 12.5. The second-order valence-corrected chi connectivity index (χ2v) is 6.13. The topological polar surface area (TPSA) is 44.1 Å². The lowest BCUT2D eigenvalue weighted by molar-refractivity contribution is -0.137. The number of ether oxygens (including phenoxy) is 1. The Balaban J connectivity index is 1.79. The zero-order chi connectivity index (χ0) is 14.2. The zero-order valence-corrected chi connectivity index (χ0v) is 12.5. The number of hydrogen-bond donors (Lipinski definition) is 0. The molecule has 1 aromatic rings. The van der Waals surface area contributed by atoms with Gasteiger partial charge in [0, 0.05) is 19.1 Å². The van der Waals surface area contributed by atoms with E-state index in [0.717, 1.165) is 56.6 Å². The van der Waals surface area contributed by atoms with Gasteiger partial charge >= 0.3 is 0 Å². The first-order valence-corrected chi connectivity index (χ1v) is 7.92. The third kappa shape index (κ3) is 2.30. The molecule has 110 valence electrons.